The molecule has 4 rings (SSSR count). The van der Waals surface area contributed by atoms with Crippen LogP contribution in [0.25, 0.3) is 11.0 Å². The first-order valence-electron chi connectivity index (χ1n) is 9.50. The van der Waals surface area contributed by atoms with Gasteiger partial charge in [-0.1, -0.05) is 5.16 Å². The molecule has 6 nitrogen and oxygen atoms in total. The van der Waals surface area contributed by atoms with Crippen molar-refractivity contribution in [3.63, 3.8) is 0 Å². The number of fused-ring (bicyclic) bond motifs is 1. The Bertz CT molecular complexity index is 991. The van der Waals surface area contributed by atoms with Crippen molar-refractivity contribution in [3.8, 4) is 0 Å². The molecule has 2 aromatic heterocycles. The molecular weight excluding hydrogens is 379 g/mol. The van der Waals surface area contributed by atoms with E-state index < -0.39 is 0 Å². The van der Waals surface area contributed by atoms with Crippen molar-refractivity contribution >= 4 is 33.3 Å². The average molecular weight is 402 g/mol. The number of hydrogen-bond acceptors (Lipinski definition) is 6. The number of carbonyl (C=O) groups is 1. The number of benzene rings is 1. The van der Waals surface area contributed by atoms with Gasteiger partial charge in [-0.3, -0.25) is 4.79 Å². The first-order valence-corrected chi connectivity index (χ1v) is 10.3. The molecule has 1 saturated heterocycles. The topological polar surface area (TPSA) is 71.3 Å². The highest BCUT2D eigenvalue weighted by molar-refractivity contribution is 7.15. The van der Waals surface area contributed by atoms with Gasteiger partial charge in [0, 0.05) is 35.7 Å². The Morgan fingerprint density at radius 1 is 1.39 bits per heavy atom. The number of nitrogens with zero attached hydrogens (tertiary/aromatic N) is 3. The molecule has 1 aromatic carbocycles. The summed E-state index contributed by atoms with van der Waals surface area (Å²) in [5.74, 6) is -0.0463. The predicted molar refractivity (Wildman–Crippen MR) is 107 cm³/mol. The van der Waals surface area contributed by atoms with Crippen molar-refractivity contribution < 1.29 is 13.7 Å². The number of anilines is 1. The Morgan fingerprint density at radius 2 is 2.18 bits per heavy atom. The number of hydrogen-bond donors (Lipinski definition) is 1. The third kappa shape index (κ3) is 4.07. The van der Waals surface area contributed by atoms with E-state index in [1.165, 1.54) is 23.9 Å². The second-order valence-electron chi connectivity index (χ2n) is 7.28. The molecule has 1 N–H and O–H groups in total. The molecule has 28 heavy (non-hydrogen) atoms. The maximum absolute atomic E-state index is 13.3. The molecule has 3 aromatic rings. The van der Waals surface area contributed by atoms with E-state index in [1.807, 2.05) is 6.92 Å². The first kappa shape index (κ1) is 19.0. The molecule has 1 amide bonds. The summed E-state index contributed by atoms with van der Waals surface area (Å²) in [6.07, 6.45) is 2.95. The molecule has 1 fully saturated rings. The fourth-order valence-corrected chi connectivity index (χ4v) is 4.78. The zero-order valence-electron chi connectivity index (χ0n) is 16.0. The van der Waals surface area contributed by atoms with E-state index in [1.54, 1.807) is 17.4 Å². The van der Waals surface area contributed by atoms with E-state index >= 15 is 0 Å². The van der Waals surface area contributed by atoms with Gasteiger partial charge in [0.25, 0.3) is 0 Å². The Hall–Kier alpha value is -2.32. The molecule has 0 unspecified atom stereocenters. The number of likely N-dealkylation sites (tertiary alicyclic amines) is 1. The third-order valence-corrected chi connectivity index (χ3v) is 6.40. The Morgan fingerprint density at radius 3 is 2.93 bits per heavy atom. The standard InChI is InChI=1S/C20H23FN4O2S/c1-12-18(28-20(22-12)23-13(2)26)7-10-25-8-5-14(6-9-25)19-16-4-3-15(21)11-17(16)27-24-19/h3-4,11,14H,5-10H2,1-2H3,(H,22,23,26). The van der Waals surface area contributed by atoms with Crippen LogP contribution < -0.4 is 5.32 Å². The molecule has 0 atom stereocenters. The quantitative estimate of drug-likeness (QED) is 0.695. The van der Waals surface area contributed by atoms with Crippen molar-refractivity contribution in [1.82, 2.24) is 15.0 Å². The van der Waals surface area contributed by atoms with Crippen molar-refractivity contribution in [2.24, 2.45) is 0 Å². The predicted octanol–water partition coefficient (Wildman–Crippen LogP) is 4.11. The minimum Gasteiger partial charge on any atom is -0.356 e. The minimum atomic E-state index is -0.301. The van der Waals surface area contributed by atoms with Crippen LogP contribution in [0.5, 0.6) is 0 Å². The monoisotopic (exact) mass is 402 g/mol. The maximum Gasteiger partial charge on any atom is 0.223 e. The highest BCUT2D eigenvalue weighted by Gasteiger charge is 2.25. The molecule has 8 heteroatoms. The number of amides is 1. The van der Waals surface area contributed by atoms with Gasteiger partial charge in [-0.15, -0.1) is 11.3 Å². The Labute approximate surface area is 166 Å². The average Bonchev–Trinajstić information content (AvgIpc) is 3.22. The second-order valence-corrected chi connectivity index (χ2v) is 8.37. The van der Waals surface area contributed by atoms with E-state index in [-0.39, 0.29) is 11.7 Å². The lowest BCUT2D eigenvalue weighted by Gasteiger charge is -2.31. The van der Waals surface area contributed by atoms with E-state index in [4.69, 9.17) is 4.52 Å². The first-order chi connectivity index (χ1) is 13.5. The fourth-order valence-electron chi connectivity index (χ4n) is 3.78. The van der Waals surface area contributed by atoms with Crippen LogP contribution in [0.15, 0.2) is 22.7 Å². The molecule has 148 valence electrons. The van der Waals surface area contributed by atoms with Crippen LogP contribution in [0.4, 0.5) is 9.52 Å². The number of piperidine rings is 1. The lowest BCUT2D eigenvalue weighted by atomic mass is 9.91. The number of thiazole rings is 1. The lowest BCUT2D eigenvalue weighted by Crippen LogP contribution is -2.34. The molecule has 0 saturated carbocycles. The van der Waals surface area contributed by atoms with Crippen molar-refractivity contribution in [3.05, 3.63) is 40.3 Å². The summed E-state index contributed by atoms with van der Waals surface area (Å²) in [5, 5.41) is 8.57. The SMILES string of the molecule is CC(=O)Nc1nc(C)c(CCN2CCC(c3noc4cc(F)ccc34)CC2)s1. The summed E-state index contributed by atoms with van der Waals surface area (Å²) in [4.78, 5) is 19.3. The van der Waals surface area contributed by atoms with Crippen LogP contribution >= 0.6 is 11.3 Å². The highest BCUT2D eigenvalue weighted by Crippen LogP contribution is 2.33. The van der Waals surface area contributed by atoms with Gasteiger partial charge in [-0.2, -0.15) is 0 Å². The Balaban J connectivity index is 1.33. The van der Waals surface area contributed by atoms with E-state index in [0.29, 0.717) is 16.6 Å². The molecule has 0 spiro atoms. The fraction of sp³-hybridized carbons (Fsp3) is 0.450. The molecule has 1 aliphatic rings. The van der Waals surface area contributed by atoms with Gasteiger partial charge in [0.1, 0.15) is 5.82 Å². The van der Waals surface area contributed by atoms with Crippen LogP contribution in [-0.4, -0.2) is 40.6 Å². The number of aromatic nitrogens is 2. The summed E-state index contributed by atoms with van der Waals surface area (Å²) in [7, 11) is 0. The normalized spacial score (nSPS) is 16.0. The largest absolute Gasteiger partial charge is 0.356 e. The van der Waals surface area contributed by atoms with E-state index in [0.717, 1.165) is 55.7 Å². The molecule has 3 heterocycles. The summed E-state index contributed by atoms with van der Waals surface area (Å²) in [6.45, 7) is 6.45. The number of aryl methyl sites for hydroxylation is 1. The van der Waals surface area contributed by atoms with Gasteiger partial charge in [-0.05, 0) is 51.4 Å². The van der Waals surface area contributed by atoms with Crippen molar-refractivity contribution in [2.45, 2.75) is 39.0 Å². The minimum absolute atomic E-state index is 0.0921. The lowest BCUT2D eigenvalue weighted by molar-refractivity contribution is -0.114. The van der Waals surface area contributed by atoms with Gasteiger partial charge < -0.3 is 14.7 Å². The Kier molecular flexibility index (Phi) is 5.41. The molecule has 0 radical (unpaired) electrons. The van der Waals surface area contributed by atoms with Crippen LogP contribution in [0.2, 0.25) is 0 Å². The number of rotatable bonds is 5. The van der Waals surface area contributed by atoms with Crippen LogP contribution in [0, 0.1) is 12.7 Å². The van der Waals surface area contributed by atoms with E-state index in [2.05, 4.69) is 20.4 Å². The number of nitrogens with one attached hydrogen (secondary N) is 1. The van der Waals surface area contributed by atoms with Gasteiger partial charge >= 0.3 is 0 Å². The molecule has 0 bridgehead atoms. The zero-order chi connectivity index (χ0) is 19.7. The van der Waals surface area contributed by atoms with Gasteiger partial charge in [0.05, 0.1) is 11.4 Å². The number of halogens is 1. The molecule has 0 aliphatic carbocycles. The molecule has 1 aliphatic heterocycles. The van der Waals surface area contributed by atoms with Crippen LogP contribution in [-0.2, 0) is 11.2 Å². The van der Waals surface area contributed by atoms with Gasteiger partial charge in [0.15, 0.2) is 10.7 Å². The number of carbonyl (C=O) groups excluding carboxylic acids is 1. The second kappa shape index (κ2) is 7.97. The summed E-state index contributed by atoms with van der Waals surface area (Å²) in [6, 6.07) is 4.63. The summed E-state index contributed by atoms with van der Waals surface area (Å²) >= 11 is 1.55. The molecular formula is C20H23FN4O2S. The van der Waals surface area contributed by atoms with Crippen molar-refractivity contribution in [1.29, 1.82) is 0 Å². The van der Waals surface area contributed by atoms with E-state index in [9.17, 15) is 9.18 Å². The van der Waals surface area contributed by atoms with Crippen LogP contribution in [0.1, 0.15) is 41.9 Å². The maximum atomic E-state index is 13.3. The van der Waals surface area contributed by atoms with Gasteiger partial charge in [0.2, 0.25) is 5.91 Å². The summed E-state index contributed by atoms with van der Waals surface area (Å²) < 4.78 is 18.7. The zero-order valence-corrected chi connectivity index (χ0v) is 16.8. The smallest absolute Gasteiger partial charge is 0.223 e. The van der Waals surface area contributed by atoms with Crippen LogP contribution in [0.3, 0.4) is 0 Å². The highest BCUT2D eigenvalue weighted by atomic mass is 32.1. The van der Waals surface area contributed by atoms with Gasteiger partial charge in [-0.25, -0.2) is 9.37 Å². The summed E-state index contributed by atoms with van der Waals surface area (Å²) in [5.41, 5.74) is 2.46. The van der Waals surface area contributed by atoms with Crippen molar-refractivity contribution in [2.75, 3.05) is 25.0 Å². The third-order valence-electron chi connectivity index (χ3n) is 5.27.